The van der Waals surface area contributed by atoms with Crippen LogP contribution in [-0.4, -0.2) is 20.2 Å². The van der Waals surface area contributed by atoms with E-state index in [0.29, 0.717) is 34.7 Å². The number of halogens is 1. The Kier molecular flexibility index (Phi) is 3.28. The minimum atomic E-state index is 0.416. The highest BCUT2D eigenvalue weighted by Gasteiger charge is 2.11. The maximum atomic E-state index is 6.01. The Morgan fingerprint density at radius 1 is 1.35 bits per heavy atom. The van der Waals surface area contributed by atoms with Crippen LogP contribution >= 0.6 is 11.6 Å². The lowest BCUT2D eigenvalue weighted by Crippen LogP contribution is -2.00. The lowest BCUT2D eigenvalue weighted by Gasteiger charge is -2.07. The van der Waals surface area contributed by atoms with Crippen molar-refractivity contribution < 1.29 is 4.74 Å². The summed E-state index contributed by atoms with van der Waals surface area (Å²) >= 11 is 6.01. The Morgan fingerprint density at radius 2 is 2.12 bits per heavy atom. The fraction of sp³-hybridized carbons (Fsp3) is 0.364. The molecule has 1 N–H and O–H groups in total. The molecule has 6 heteroatoms. The van der Waals surface area contributed by atoms with Crippen molar-refractivity contribution in [3.05, 3.63) is 28.3 Å². The smallest absolute Gasteiger partial charge is 0.240 e. The van der Waals surface area contributed by atoms with E-state index in [1.807, 2.05) is 20.8 Å². The summed E-state index contributed by atoms with van der Waals surface area (Å²) in [4.78, 5) is 8.43. The third kappa shape index (κ3) is 2.55. The van der Waals surface area contributed by atoms with Gasteiger partial charge in [-0.1, -0.05) is 18.5 Å². The number of hydrogen-bond donors (Lipinski definition) is 1. The number of nitrogens with one attached hydrogen (secondary N) is 1. The molecular formula is C11H13ClN4O. The van der Waals surface area contributed by atoms with Crippen molar-refractivity contribution in [1.29, 1.82) is 0 Å². The molecule has 0 atom stereocenters. The highest BCUT2D eigenvalue weighted by molar-refractivity contribution is 6.30. The molecule has 0 unspecified atom stereocenters. The zero-order chi connectivity index (χ0) is 12.4. The van der Waals surface area contributed by atoms with Crippen molar-refractivity contribution in [3.63, 3.8) is 0 Å². The quantitative estimate of drug-likeness (QED) is 0.853. The molecule has 2 aromatic rings. The van der Waals surface area contributed by atoms with Crippen molar-refractivity contribution in [1.82, 2.24) is 20.2 Å². The van der Waals surface area contributed by atoms with Crippen LogP contribution in [0.3, 0.4) is 0 Å². The Labute approximate surface area is 104 Å². The third-order valence-electron chi connectivity index (χ3n) is 2.29. The predicted molar refractivity (Wildman–Crippen MR) is 64.6 cm³/mol. The van der Waals surface area contributed by atoms with E-state index in [-0.39, 0.29) is 0 Å². The summed E-state index contributed by atoms with van der Waals surface area (Å²) in [5, 5.41) is 7.20. The Morgan fingerprint density at radius 3 is 2.71 bits per heavy atom. The van der Waals surface area contributed by atoms with Gasteiger partial charge in [0.1, 0.15) is 11.0 Å². The second kappa shape index (κ2) is 4.71. The SMILES string of the molecule is CCc1nc(Cl)c(C)c(Oc2cc(C)[nH]n2)n1. The molecule has 2 rings (SSSR count). The minimum Gasteiger partial charge on any atom is -0.419 e. The number of aromatic amines is 1. The van der Waals surface area contributed by atoms with Crippen LogP contribution in [0.5, 0.6) is 11.8 Å². The van der Waals surface area contributed by atoms with Crippen molar-refractivity contribution >= 4 is 11.6 Å². The molecule has 0 aromatic carbocycles. The number of aryl methyl sites for hydroxylation is 2. The van der Waals surface area contributed by atoms with Gasteiger partial charge in [-0.15, -0.1) is 5.10 Å². The average Bonchev–Trinajstić information content (AvgIpc) is 2.70. The van der Waals surface area contributed by atoms with Crippen LogP contribution in [0.1, 0.15) is 24.0 Å². The van der Waals surface area contributed by atoms with Crippen molar-refractivity contribution in [2.75, 3.05) is 0 Å². The topological polar surface area (TPSA) is 63.7 Å². The van der Waals surface area contributed by atoms with Gasteiger partial charge in [-0.25, -0.2) is 4.98 Å². The summed E-state index contributed by atoms with van der Waals surface area (Å²) in [7, 11) is 0. The Hall–Kier alpha value is -1.62. The van der Waals surface area contributed by atoms with Crippen molar-refractivity contribution in [3.8, 4) is 11.8 Å². The molecule has 2 aromatic heterocycles. The third-order valence-corrected chi connectivity index (χ3v) is 2.66. The van der Waals surface area contributed by atoms with Gasteiger partial charge in [0.05, 0.1) is 0 Å². The highest BCUT2D eigenvalue weighted by atomic mass is 35.5. The van der Waals surface area contributed by atoms with Crippen molar-refractivity contribution in [2.45, 2.75) is 27.2 Å². The lowest BCUT2D eigenvalue weighted by atomic mass is 10.3. The monoisotopic (exact) mass is 252 g/mol. The number of nitrogens with zero attached hydrogens (tertiary/aromatic N) is 3. The zero-order valence-electron chi connectivity index (χ0n) is 9.91. The van der Waals surface area contributed by atoms with Gasteiger partial charge < -0.3 is 4.74 Å². The van der Waals surface area contributed by atoms with Gasteiger partial charge in [-0.05, 0) is 13.8 Å². The van der Waals surface area contributed by atoms with E-state index in [9.17, 15) is 0 Å². The van der Waals surface area contributed by atoms with E-state index in [0.717, 1.165) is 5.69 Å². The van der Waals surface area contributed by atoms with E-state index < -0.39 is 0 Å². The molecule has 0 radical (unpaired) electrons. The molecule has 0 aliphatic carbocycles. The molecule has 0 aliphatic rings. The number of aromatic nitrogens is 4. The maximum absolute atomic E-state index is 6.01. The predicted octanol–water partition coefficient (Wildman–Crippen LogP) is 2.82. The second-order valence-corrected chi connectivity index (χ2v) is 4.06. The van der Waals surface area contributed by atoms with Gasteiger partial charge in [0.15, 0.2) is 0 Å². The summed E-state index contributed by atoms with van der Waals surface area (Å²) in [6.45, 7) is 5.68. The molecule has 0 spiro atoms. The molecule has 0 aliphatic heterocycles. The van der Waals surface area contributed by atoms with Gasteiger partial charge in [0, 0.05) is 23.7 Å². The highest BCUT2D eigenvalue weighted by Crippen LogP contribution is 2.26. The van der Waals surface area contributed by atoms with Gasteiger partial charge >= 0.3 is 0 Å². The molecule has 5 nitrogen and oxygen atoms in total. The van der Waals surface area contributed by atoms with Crippen LogP contribution in [0.25, 0.3) is 0 Å². The van der Waals surface area contributed by atoms with E-state index >= 15 is 0 Å². The molecule has 2 heterocycles. The number of ether oxygens (including phenoxy) is 1. The standard InChI is InChI=1S/C11H13ClN4O/c1-4-8-13-10(12)7(3)11(14-8)17-9-5-6(2)15-16-9/h5H,4H2,1-3H3,(H,15,16). The van der Waals surface area contributed by atoms with Crippen LogP contribution in [-0.2, 0) is 6.42 Å². The number of rotatable bonds is 3. The number of H-pyrrole nitrogens is 1. The summed E-state index contributed by atoms with van der Waals surface area (Å²) in [5.41, 5.74) is 1.64. The fourth-order valence-corrected chi connectivity index (χ4v) is 1.49. The lowest BCUT2D eigenvalue weighted by molar-refractivity contribution is 0.436. The van der Waals surface area contributed by atoms with Crippen LogP contribution in [0, 0.1) is 13.8 Å². The van der Waals surface area contributed by atoms with Crippen molar-refractivity contribution in [2.24, 2.45) is 0 Å². The van der Waals surface area contributed by atoms with E-state index in [1.54, 1.807) is 6.07 Å². The van der Waals surface area contributed by atoms with E-state index in [1.165, 1.54) is 0 Å². The number of hydrogen-bond acceptors (Lipinski definition) is 4. The fourth-order valence-electron chi connectivity index (χ4n) is 1.31. The van der Waals surface area contributed by atoms with E-state index in [2.05, 4.69) is 20.2 Å². The van der Waals surface area contributed by atoms with Crippen LogP contribution in [0.15, 0.2) is 6.07 Å². The molecule has 0 saturated heterocycles. The summed E-state index contributed by atoms with van der Waals surface area (Å²) in [6, 6.07) is 1.79. The van der Waals surface area contributed by atoms with Gasteiger partial charge in [-0.2, -0.15) is 4.98 Å². The Bertz CT molecular complexity index is 538. The average molecular weight is 253 g/mol. The van der Waals surface area contributed by atoms with Gasteiger partial charge in [0.25, 0.3) is 0 Å². The molecule has 17 heavy (non-hydrogen) atoms. The maximum Gasteiger partial charge on any atom is 0.240 e. The van der Waals surface area contributed by atoms with Crippen LogP contribution < -0.4 is 4.74 Å². The molecule has 0 saturated carbocycles. The molecule has 0 bridgehead atoms. The largest absolute Gasteiger partial charge is 0.419 e. The molecule has 0 fully saturated rings. The van der Waals surface area contributed by atoms with Crippen LogP contribution in [0.4, 0.5) is 0 Å². The second-order valence-electron chi connectivity index (χ2n) is 3.71. The molecular weight excluding hydrogens is 240 g/mol. The normalized spacial score (nSPS) is 10.6. The summed E-state index contributed by atoms with van der Waals surface area (Å²) < 4.78 is 5.58. The van der Waals surface area contributed by atoms with E-state index in [4.69, 9.17) is 16.3 Å². The first kappa shape index (κ1) is 11.9. The summed E-state index contributed by atoms with van der Waals surface area (Å²) in [6.07, 6.45) is 0.704. The van der Waals surface area contributed by atoms with Gasteiger partial charge in [0.2, 0.25) is 11.8 Å². The first-order chi connectivity index (χ1) is 8.10. The summed E-state index contributed by atoms with van der Waals surface area (Å²) in [5.74, 6) is 1.58. The first-order valence-electron chi connectivity index (χ1n) is 5.33. The molecule has 0 amide bonds. The van der Waals surface area contributed by atoms with Crippen LogP contribution in [0.2, 0.25) is 5.15 Å². The van der Waals surface area contributed by atoms with Gasteiger partial charge in [-0.3, -0.25) is 5.10 Å². The zero-order valence-corrected chi connectivity index (χ0v) is 10.7. The Balaban J connectivity index is 2.34. The minimum absolute atomic E-state index is 0.416. The molecule has 90 valence electrons. The first-order valence-corrected chi connectivity index (χ1v) is 5.70.